The lowest BCUT2D eigenvalue weighted by molar-refractivity contribution is -0.118. The number of piperidine rings is 1. The van der Waals surface area contributed by atoms with E-state index in [-0.39, 0.29) is 17.2 Å². The van der Waals surface area contributed by atoms with Gasteiger partial charge < -0.3 is 14.6 Å². The van der Waals surface area contributed by atoms with Crippen LogP contribution in [0.25, 0.3) is 11.0 Å². The second kappa shape index (κ2) is 6.17. The number of nitriles is 1. The van der Waals surface area contributed by atoms with Crippen LogP contribution in [0, 0.1) is 34.0 Å². The Bertz CT molecular complexity index is 1080. The minimum atomic E-state index is 0.00330. The first-order valence-electron chi connectivity index (χ1n) is 11.0. The fraction of sp³-hybridized carbons (Fsp3) is 0.636. The van der Waals surface area contributed by atoms with Gasteiger partial charge >= 0.3 is 0 Å². The zero-order valence-corrected chi connectivity index (χ0v) is 17.2. The molecular weight excluding hydrogens is 380 g/mol. The van der Waals surface area contributed by atoms with Gasteiger partial charge in [-0.15, -0.1) is 0 Å². The number of aromatic nitrogens is 3. The highest BCUT2D eigenvalue weighted by molar-refractivity contribution is 5.97. The fourth-order valence-corrected chi connectivity index (χ4v) is 5.93. The first-order chi connectivity index (χ1) is 14.6. The highest BCUT2D eigenvalue weighted by atomic mass is 16.5. The normalized spacial score (nSPS) is 30.9. The molecule has 4 fully saturated rings. The van der Waals surface area contributed by atoms with E-state index in [2.05, 4.69) is 33.2 Å². The maximum Gasteiger partial charge on any atom is 0.233 e. The number of nitrogens with one attached hydrogen (secondary N) is 2. The van der Waals surface area contributed by atoms with Crippen LogP contribution in [-0.2, 0) is 9.53 Å². The molecule has 0 aromatic carbocycles. The highest BCUT2D eigenvalue weighted by Gasteiger charge is 2.59. The summed E-state index contributed by atoms with van der Waals surface area (Å²) in [4.78, 5) is 27.6. The number of H-pyrrole nitrogens is 1. The van der Waals surface area contributed by atoms with Crippen molar-refractivity contribution in [2.24, 2.45) is 22.7 Å². The number of carbonyl (C=O) groups is 1. The monoisotopic (exact) mass is 406 g/mol. The van der Waals surface area contributed by atoms with Crippen molar-refractivity contribution in [1.82, 2.24) is 15.0 Å². The molecule has 2 aliphatic heterocycles. The third-order valence-electron chi connectivity index (χ3n) is 8.17. The van der Waals surface area contributed by atoms with Gasteiger partial charge in [0.05, 0.1) is 10.9 Å². The van der Waals surface area contributed by atoms with Crippen molar-refractivity contribution in [3.8, 4) is 6.07 Å². The number of carbonyl (C=O) groups excluding carboxylic acids is 1. The molecule has 2 N–H and O–H groups in total. The van der Waals surface area contributed by atoms with E-state index in [0.29, 0.717) is 28.5 Å². The number of ether oxygens (including phenoxy) is 1. The Hall–Kier alpha value is -2.66. The summed E-state index contributed by atoms with van der Waals surface area (Å²) in [5, 5.41) is 13.3. The van der Waals surface area contributed by atoms with Crippen molar-refractivity contribution in [3.63, 3.8) is 0 Å². The number of aromatic amines is 1. The summed E-state index contributed by atoms with van der Waals surface area (Å²) in [6, 6.07) is 2.25. The zero-order valence-electron chi connectivity index (χ0n) is 17.2. The van der Waals surface area contributed by atoms with E-state index in [1.807, 2.05) is 0 Å². The summed E-state index contributed by atoms with van der Waals surface area (Å²) < 4.78 is 5.46. The smallest absolute Gasteiger partial charge is 0.233 e. The van der Waals surface area contributed by atoms with Crippen molar-refractivity contribution in [2.75, 3.05) is 36.5 Å². The maximum atomic E-state index is 12.9. The van der Waals surface area contributed by atoms with Crippen LogP contribution in [0.2, 0.25) is 0 Å². The number of amides is 1. The first-order valence-corrected chi connectivity index (χ1v) is 11.0. The van der Waals surface area contributed by atoms with Gasteiger partial charge in [-0.25, -0.2) is 0 Å². The number of hydrogen-bond donors (Lipinski definition) is 2. The van der Waals surface area contributed by atoms with Crippen LogP contribution >= 0.6 is 0 Å². The zero-order chi connectivity index (χ0) is 20.5. The summed E-state index contributed by atoms with van der Waals surface area (Å²) in [7, 11) is 0. The Morgan fingerprint density at radius 3 is 2.97 bits per heavy atom. The van der Waals surface area contributed by atoms with Gasteiger partial charge in [0.15, 0.2) is 0 Å². The Labute approximate surface area is 175 Å². The fourth-order valence-electron chi connectivity index (χ4n) is 5.93. The quantitative estimate of drug-likeness (QED) is 0.809. The average molecular weight is 406 g/mol. The van der Waals surface area contributed by atoms with Crippen molar-refractivity contribution >= 4 is 28.7 Å². The summed E-state index contributed by atoms with van der Waals surface area (Å²) >= 11 is 0. The molecule has 1 amide bonds. The molecule has 4 aliphatic rings. The van der Waals surface area contributed by atoms with Crippen LogP contribution in [0.1, 0.15) is 44.6 Å². The Kier molecular flexibility index (Phi) is 3.73. The summed E-state index contributed by atoms with van der Waals surface area (Å²) in [6.45, 7) is 5.64. The molecule has 3 unspecified atom stereocenters. The van der Waals surface area contributed by atoms with Crippen LogP contribution in [0.5, 0.6) is 0 Å². The number of nitrogens with zero attached hydrogens (tertiary/aromatic N) is 4. The van der Waals surface area contributed by atoms with Crippen molar-refractivity contribution in [1.29, 1.82) is 5.26 Å². The molecule has 8 heteroatoms. The van der Waals surface area contributed by atoms with Crippen molar-refractivity contribution in [3.05, 3.63) is 11.8 Å². The molecule has 2 aliphatic carbocycles. The molecule has 4 heterocycles. The molecule has 0 radical (unpaired) electrons. The lowest BCUT2D eigenvalue weighted by Crippen LogP contribution is -2.27. The van der Waals surface area contributed by atoms with Crippen LogP contribution in [0.3, 0.4) is 0 Å². The molecule has 2 saturated heterocycles. The van der Waals surface area contributed by atoms with E-state index in [9.17, 15) is 10.1 Å². The van der Waals surface area contributed by atoms with Crippen molar-refractivity contribution in [2.45, 2.75) is 39.0 Å². The van der Waals surface area contributed by atoms with E-state index >= 15 is 0 Å². The van der Waals surface area contributed by atoms with Gasteiger partial charge in [0.1, 0.15) is 17.5 Å². The second-order valence-electron chi connectivity index (χ2n) is 9.63. The minimum absolute atomic E-state index is 0.00330. The molecule has 2 aromatic rings. The van der Waals surface area contributed by atoms with Gasteiger partial charge in [0, 0.05) is 38.4 Å². The first kappa shape index (κ1) is 18.1. The molecular formula is C22H26N6O2. The van der Waals surface area contributed by atoms with Gasteiger partial charge in [-0.1, -0.05) is 6.92 Å². The summed E-state index contributed by atoms with van der Waals surface area (Å²) in [6.07, 6.45) is 6.95. The van der Waals surface area contributed by atoms with Gasteiger partial charge in [-0.05, 0) is 48.9 Å². The van der Waals surface area contributed by atoms with Gasteiger partial charge in [-0.3, -0.25) is 10.1 Å². The number of hydrogen-bond acceptors (Lipinski definition) is 6. The summed E-state index contributed by atoms with van der Waals surface area (Å²) in [5.41, 5.74) is 1.66. The van der Waals surface area contributed by atoms with E-state index in [1.54, 1.807) is 6.20 Å². The third-order valence-corrected chi connectivity index (χ3v) is 8.17. The standard InChI is InChI=1S/C22H26N6O2/c1-2-21-7-14(21)11-28(12-21)18-16-13(9-23)10-24-17(16)25-20(26-18)27-19(29)15-8-22(15)3-5-30-6-4-22/h10,14-15H,2-8,11-12H2,1H3,(H2,24,25,26,27,29). The van der Waals surface area contributed by atoms with Crippen LogP contribution in [0.15, 0.2) is 6.20 Å². The molecule has 1 spiro atoms. The molecule has 3 atom stereocenters. The second-order valence-corrected chi connectivity index (χ2v) is 9.63. The Balaban J connectivity index is 1.30. The van der Waals surface area contributed by atoms with Crippen LogP contribution in [0.4, 0.5) is 11.8 Å². The molecule has 8 nitrogen and oxygen atoms in total. The third kappa shape index (κ3) is 2.58. The van der Waals surface area contributed by atoms with Gasteiger partial charge in [0.2, 0.25) is 11.9 Å². The van der Waals surface area contributed by atoms with E-state index in [0.717, 1.165) is 63.2 Å². The molecule has 0 bridgehead atoms. The summed E-state index contributed by atoms with van der Waals surface area (Å²) in [5.74, 6) is 1.82. The van der Waals surface area contributed by atoms with Gasteiger partial charge in [0.25, 0.3) is 0 Å². The number of rotatable bonds is 4. The lowest BCUT2D eigenvalue weighted by atomic mass is 9.94. The predicted octanol–water partition coefficient (Wildman–Crippen LogP) is 2.82. The number of anilines is 2. The molecule has 30 heavy (non-hydrogen) atoms. The minimum Gasteiger partial charge on any atom is -0.381 e. The average Bonchev–Trinajstić information content (AvgIpc) is 3.53. The largest absolute Gasteiger partial charge is 0.381 e. The van der Waals surface area contributed by atoms with Crippen molar-refractivity contribution < 1.29 is 9.53 Å². The SMILES string of the molecule is CCC12CC1CN(c1nc(NC(=O)C3CC34CCOCC4)nc3[nH]cc(C#N)c13)C2. The lowest BCUT2D eigenvalue weighted by Gasteiger charge is -2.23. The predicted molar refractivity (Wildman–Crippen MR) is 111 cm³/mol. The highest BCUT2D eigenvalue weighted by Crippen LogP contribution is 2.61. The van der Waals surface area contributed by atoms with Gasteiger partial charge in [-0.2, -0.15) is 15.2 Å². The Morgan fingerprint density at radius 1 is 1.40 bits per heavy atom. The topological polar surface area (TPSA) is 107 Å². The molecule has 156 valence electrons. The van der Waals surface area contributed by atoms with Crippen LogP contribution < -0.4 is 10.2 Å². The Morgan fingerprint density at radius 2 is 2.23 bits per heavy atom. The molecule has 2 aromatic heterocycles. The number of fused-ring (bicyclic) bond motifs is 2. The van der Waals surface area contributed by atoms with Crippen LogP contribution in [-0.4, -0.2) is 47.2 Å². The van der Waals surface area contributed by atoms with E-state index in [1.165, 1.54) is 6.42 Å². The van der Waals surface area contributed by atoms with E-state index in [4.69, 9.17) is 9.72 Å². The van der Waals surface area contributed by atoms with E-state index < -0.39 is 0 Å². The molecule has 6 rings (SSSR count). The maximum absolute atomic E-state index is 12.9. The molecule has 2 saturated carbocycles.